The molecule has 1 aliphatic heterocycles. The van der Waals surface area contributed by atoms with Gasteiger partial charge in [0.2, 0.25) is 5.91 Å². The highest BCUT2D eigenvalue weighted by Gasteiger charge is 2.22. The van der Waals surface area contributed by atoms with Crippen LogP contribution in [0.3, 0.4) is 0 Å². The van der Waals surface area contributed by atoms with Crippen molar-refractivity contribution in [3.8, 4) is 0 Å². The highest BCUT2D eigenvalue weighted by molar-refractivity contribution is 7.80. The maximum atomic E-state index is 12.8. The molecule has 0 aliphatic carbocycles. The third-order valence-corrected chi connectivity index (χ3v) is 4.25. The molecule has 0 radical (unpaired) electrons. The topological polar surface area (TPSA) is 64.7 Å². The molecule has 0 spiro atoms. The molecule has 1 fully saturated rings. The number of anilines is 1. The standard InChI is InChI=1S/C18H26N4O2S/c1-13(2)12-16(23)20-18(25)19-15-7-5-4-6-14(15)17(24)22-10-8-21(3)9-11-22/h4-7,13H,8-12H2,1-3H3,(H2,19,20,23,25). The highest BCUT2D eigenvalue weighted by Crippen LogP contribution is 2.18. The molecule has 0 unspecified atom stereocenters. The number of piperazine rings is 1. The fourth-order valence-corrected chi connectivity index (χ4v) is 2.88. The molecule has 0 atom stereocenters. The molecule has 0 aromatic heterocycles. The first-order chi connectivity index (χ1) is 11.9. The fraction of sp³-hybridized carbons (Fsp3) is 0.500. The van der Waals surface area contributed by atoms with Crippen LogP contribution in [0.1, 0.15) is 30.6 Å². The zero-order valence-corrected chi connectivity index (χ0v) is 15.9. The minimum Gasteiger partial charge on any atom is -0.336 e. The Morgan fingerprint density at radius 3 is 2.44 bits per heavy atom. The molecule has 6 nitrogen and oxygen atoms in total. The molecule has 2 amide bonds. The van der Waals surface area contributed by atoms with Crippen molar-refractivity contribution in [2.24, 2.45) is 5.92 Å². The molecular weight excluding hydrogens is 336 g/mol. The SMILES string of the molecule is CC(C)CC(=O)NC(=S)Nc1ccccc1C(=O)N1CCN(C)CC1. The van der Waals surface area contributed by atoms with Crippen molar-refractivity contribution in [3.63, 3.8) is 0 Å². The number of benzene rings is 1. The number of hydrogen-bond donors (Lipinski definition) is 2. The number of para-hydroxylation sites is 1. The van der Waals surface area contributed by atoms with Crippen LogP contribution in [0.15, 0.2) is 24.3 Å². The van der Waals surface area contributed by atoms with Crippen LogP contribution < -0.4 is 10.6 Å². The average Bonchev–Trinajstić information content (AvgIpc) is 2.54. The first-order valence-corrected chi connectivity index (χ1v) is 8.95. The van der Waals surface area contributed by atoms with Crippen LogP contribution in [-0.4, -0.2) is 60.0 Å². The molecule has 1 aromatic rings. The minimum absolute atomic E-state index is 0.0208. The lowest BCUT2D eigenvalue weighted by molar-refractivity contribution is -0.120. The highest BCUT2D eigenvalue weighted by atomic mass is 32.1. The predicted octanol–water partition coefficient (Wildman–Crippen LogP) is 1.93. The number of carbonyl (C=O) groups is 2. The van der Waals surface area contributed by atoms with Crippen molar-refractivity contribution in [2.45, 2.75) is 20.3 Å². The Morgan fingerprint density at radius 1 is 1.16 bits per heavy atom. The summed E-state index contributed by atoms with van der Waals surface area (Å²) in [6, 6.07) is 7.24. The number of thiocarbonyl (C=S) groups is 1. The van der Waals surface area contributed by atoms with Gasteiger partial charge in [-0.15, -0.1) is 0 Å². The third kappa shape index (κ3) is 5.79. The van der Waals surface area contributed by atoms with Crippen LogP contribution in [0.2, 0.25) is 0 Å². The van der Waals surface area contributed by atoms with Crippen molar-refractivity contribution in [1.82, 2.24) is 15.1 Å². The Balaban J connectivity index is 2.03. The summed E-state index contributed by atoms with van der Waals surface area (Å²) in [7, 11) is 2.05. The van der Waals surface area contributed by atoms with Crippen LogP contribution in [-0.2, 0) is 4.79 Å². The Morgan fingerprint density at radius 2 is 1.80 bits per heavy atom. The summed E-state index contributed by atoms with van der Waals surface area (Å²) in [4.78, 5) is 28.7. The number of nitrogens with zero attached hydrogens (tertiary/aromatic N) is 2. The van der Waals surface area contributed by atoms with E-state index in [0.29, 0.717) is 30.8 Å². The number of hydrogen-bond acceptors (Lipinski definition) is 4. The zero-order valence-electron chi connectivity index (χ0n) is 15.0. The number of amides is 2. The van der Waals surface area contributed by atoms with Crippen molar-refractivity contribution >= 4 is 34.8 Å². The van der Waals surface area contributed by atoms with Crippen LogP contribution in [0.4, 0.5) is 5.69 Å². The maximum Gasteiger partial charge on any atom is 0.256 e. The monoisotopic (exact) mass is 362 g/mol. The van der Waals surface area contributed by atoms with E-state index in [4.69, 9.17) is 12.2 Å². The lowest BCUT2D eigenvalue weighted by atomic mass is 10.1. The first kappa shape index (κ1) is 19.3. The molecule has 1 aromatic carbocycles. The summed E-state index contributed by atoms with van der Waals surface area (Å²) in [5, 5.41) is 5.86. The third-order valence-electron chi connectivity index (χ3n) is 4.04. The Bertz CT molecular complexity index is 640. The molecular formula is C18H26N4O2S. The van der Waals surface area contributed by atoms with E-state index in [1.165, 1.54) is 0 Å². The summed E-state index contributed by atoms with van der Waals surface area (Å²) < 4.78 is 0. The first-order valence-electron chi connectivity index (χ1n) is 8.54. The predicted molar refractivity (Wildman–Crippen MR) is 104 cm³/mol. The van der Waals surface area contributed by atoms with Gasteiger partial charge < -0.3 is 20.4 Å². The normalized spacial score (nSPS) is 15.1. The Labute approximate surface area is 154 Å². The smallest absolute Gasteiger partial charge is 0.256 e. The second-order valence-corrected chi connectivity index (χ2v) is 7.15. The fourth-order valence-electron chi connectivity index (χ4n) is 2.66. The van der Waals surface area contributed by atoms with Crippen LogP contribution in [0.5, 0.6) is 0 Å². The van der Waals surface area contributed by atoms with E-state index in [9.17, 15) is 9.59 Å². The summed E-state index contributed by atoms with van der Waals surface area (Å²) in [6.45, 7) is 7.09. The molecule has 7 heteroatoms. The molecule has 0 bridgehead atoms. The van der Waals surface area contributed by atoms with Crippen molar-refractivity contribution in [2.75, 3.05) is 38.5 Å². The second kappa shape index (κ2) is 8.92. The van der Waals surface area contributed by atoms with Gasteiger partial charge in [-0.1, -0.05) is 26.0 Å². The van der Waals surface area contributed by atoms with Gasteiger partial charge in [0.25, 0.3) is 5.91 Å². The van der Waals surface area contributed by atoms with Crippen molar-refractivity contribution in [3.05, 3.63) is 29.8 Å². The van der Waals surface area contributed by atoms with E-state index >= 15 is 0 Å². The summed E-state index contributed by atoms with van der Waals surface area (Å²) in [5.41, 5.74) is 1.17. The number of rotatable bonds is 4. The Hall–Kier alpha value is -1.99. The molecule has 2 rings (SSSR count). The summed E-state index contributed by atoms with van der Waals surface area (Å²) in [5.74, 6) is 0.108. The van der Waals surface area contributed by atoms with Gasteiger partial charge in [0.1, 0.15) is 0 Å². The maximum absolute atomic E-state index is 12.8. The Kier molecular flexibility index (Phi) is 6.90. The van der Waals surface area contributed by atoms with E-state index in [1.54, 1.807) is 12.1 Å². The van der Waals surface area contributed by atoms with E-state index in [1.807, 2.05) is 30.9 Å². The largest absolute Gasteiger partial charge is 0.336 e. The molecule has 25 heavy (non-hydrogen) atoms. The van der Waals surface area contributed by atoms with Gasteiger partial charge in [0.05, 0.1) is 11.3 Å². The molecule has 1 aliphatic rings. The van der Waals surface area contributed by atoms with Gasteiger partial charge in [-0.2, -0.15) is 0 Å². The van der Waals surface area contributed by atoms with E-state index in [2.05, 4.69) is 22.6 Å². The number of carbonyl (C=O) groups excluding carboxylic acids is 2. The van der Waals surface area contributed by atoms with Crippen molar-refractivity contribution < 1.29 is 9.59 Å². The second-order valence-electron chi connectivity index (χ2n) is 6.74. The van der Waals surface area contributed by atoms with E-state index in [0.717, 1.165) is 13.1 Å². The molecule has 1 heterocycles. The number of likely N-dealkylation sites (N-methyl/N-ethyl adjacent to an activating group) is 1. The lowest BCUT2D eigenvalue weighted by Gasteiger charge is -2.32. The van der Waals surface area contributed by atoms with Gasteiger partial charge >= 0.3 is 0 Å². The molecule has 1 saturated heterocycles. The van der Waals surface area contributed by atoms with Crippen LogP contribution >= 0.6 is 12.2 Å². The average molecular weight is 362 g/mol. The minimum atomic E-state index is -0.129. The summed E-state index contributed by atoms with van der Waals surface area (Å²) in [6.07, 6.45) is 0.406. The van der Waals surface area contributed by atoms with E-state index in [-0.39, 0.29) is 22.8 Å². The van der Waals surface area contributed by atoms with Gasteiger partial charge in [-0.05, 0) is 37.3 Å². The van der Waals surface area contributed by atoms with E-state index < -0.39 is 0 Å². The van der Waals surface area contributed by atoms with Crippen LogP contribution in [0, 0.1) is 5.92 Å². The van der Waals surface area contributed by atoms with Gasteiger partial charge in [-0.3, -0.25) is 9.59 Å². The molecule has 2 N–H and O–H groups in total. The van der Waals surface area contributed by atoms with Gasteiger partial charge in [0.15, 0.2) is 5.11 Å². The zero-order chi connectivity index (χ0) is 18.4. The molecule has 0 saturated carbocycles. The van der Waals surface area contributed by atoms with Gasteiger partial charge in [0, 0.05) is 32.6 Å². The lowest BCUT2D eigenvalue weighted by Crippen LogP contribution is -2.47. The van der Waals surface area contributed by atoms with Crippen molar-refractivity contribution in [1.29, 1.82) is 0 Å². The quantitative estimate of drug-likeness (QED) is 0.802. The van der Waals surface area contributed by atoms with Gasteiger partial charge in [-0.25, -0.2) is 0 Å². The molecule has 136 valence electrons. The van der Waals surface area contributed by atoms with Crippen LogP contribution in [0.25, 0.3) is 0 Å². The summed E-state index contributed by atoms with van der Waals surface area (Å²) >= 11 is 5.21. The number of nitrogens with one attached hydrogen (secondary N) is 2.